The summed E-state index contributed by atoms with van der Waals surface area (Å²) in [6.07, 6.45) is 0.249. The summed E-state index contributed by atoms with van der Waals surface area (Å²) < 4.78 is 29.2. The highest BCUT2D eigenvalue weighted by atomic mass is 35.5. The largest absolute Gasteiger partial charge is 0.352 e. The molecule has 0 fully saturated rings. The number of hydrogen-bond donors (Lipinski definition) is 1. The Hall–Kier alpha value is -4.14. The third kappa shape index (κ3) is 8.49. The first kappa shape index (κ1) is 32.8. The van der Waals surface area contributed by atoms with Gasteiger partial charge >= 0.3 is 0 Å². The lowest BCUT2D eigenvalue weighted by molar-refractivity contribution is -0.140. The van der Waals surface area contributed by atoms with Crippen molar-refractivity contribution in [2.45, 2.75) is 57.6 Å². The quantitative estimate of drug-likeness (QED) is 0.198. The highest BCUT2D eigenvalue weighted by Crippen LogP contribution is 2.27. The third-order valence-corrected chi connectivity index (χ3v) is 9.18. The Bertz CT molecular complexity index is 1680. The van der Waals surface area contributed by atoms with E-state index in [1.54, 1.807) is 30.3 Å². The molecule has 0 aliphatic heterocycles. The summed E-state index contributed by atoms with van der Waals surface area (Å²) in [4.78, 5) is 29.7. The molecule has 1 N–H and O–H groups in total. The van der Waals surface area contributed by atoms with Crippen molar-refractivity contribution in [1.82, 2.24) is 10.2 Å². The van der Waals surface area contributed by atoms with Gasteiger partial charge in [-0.05, 0) is 69.2 Å². The molecule has 0 aliphatic carbocycles. The van der Waals surface area contributed by atoms with Crippen molar-refractivity contribution in [2.75, 3.05) is 10.8 Å². The van der Waals surface area contributed by atoms with E-state index in [2.05, 4.69) is 5.32 Å². The van der Waals surface area contributed by atoms with Crippen molar-refractivity contribution in [3.63, 3.8) is 0 Å². The fourth-order valence-electron chi connectivity index (χ4n) is 4.82. The first-order valence-electron chi connectivity index (χ1n) is 14.5. The van der Waals surface area contributed by atoms with Crippen molar-refractivity contribution in [1.29, 1.82) is 0 Å². The van der Waals surface area contributed by atoms with Crippen LogP contribution < -0.4 is 9.62 Å². The molecule has 0 heterocycles. The molecule has 230 valence electrons. The van der Waals surface area contributed by atoms with Gasteiger partial charge in [0, 0.05) is 24.0 Å². The fourth-order valence-corrected chi connectivity index (χ4v) is 6.41. The van der Waals surface area contributed by atoms with Gasteiger partial charge in [-0.2, -0.15) is 0 Å². The van der Waals surface area contributed by atoms with Crippen LogP contribution in [0.25, 0.3) is 0 Å². The number of hydrogen-bond acceptors (Lipinski definition) is 4. The second kappa shape index (κ2) is 14.6. The predicted octanol–water partition coefficient (Wildman–Crippen LogP) is 6.32. The van der Waals surface area contributed by atoms with Gasteiger partial charge in [-0.3, -0.25) is 13.9 Å². The molecule has 7 nitrogen and oxygen atoms in total. The number of nitrogens with one attached hydrogen (secondary N) is 1. The van der Waals surface area contributed by atoms with Gasteiger partial charge in [0.1, 0.15) is 12.6 Å². The number of carbonyl (C=O) groups excluding carboxylic acids is 2. The van der Waals surface area contributed by atoms with Crippen LogP contribution in [0.15, 0.2) is 108 Å². The number of rotatable bonds is 12. The minimum absolute atomic E-state index is 0.0411. The average molecular weight is 632 g/mol. The number of carbonyl (C=O) groups is 2. The Kier molecular flexibility index (Phi) is 10.8. The Labute approximate surface area is 265 Å². The van der Waals surface area contributed by atoms with E-state index >= 15 is 0 Å². The van der Waals surface area contributed by atoms with Crippen molar-refractivity contribution in [2.24, 2.45) is 0 Å². The second-order valence-corrected chi connectivity index (χ2v) is 13.5. The van der Waals surface area contributed by atoms with Gasteiger partial charge in [-0.1, -0.05) is 95.5 Å². The van der Waals surface area contributed by atoms with Crippen LogP contribution in [0.4, 0.5) is 5.69 Å². The second-order valence-electron chi connectivity index (χ2n) is 11.2. The maximum Gasteiger partial charge on any atom is 0.264 e. The monoisotopic (exact) mass is 631 g/mol. The third-order valence-electron chi connectivity index (χ3n) is 7.16. The van der Waals surface area contributed by atoms with Gasteiger partial charge in [0.25, 0.3) is 10.0 Å². The van der Waals surface area contributed by atoms with Crippen LogP contribution in [0.1, 0.15) is 36.1 Å². The summed E-state index contributed by atoms with van der Waals surface area (Å²) in [7, 11) is -4.19. The molecule has 1 atom stereocenters. The van der Waals surface area contributed by atoms with E-state index in [-0.39, 0.29) is 35.5 Å². The predicted molar refractivity (Wildman–Crippen MR) is 176 cm³/mol. The zero-order valence-electron chi connectivity index (χ0n) is 25.4. The van der Waals surface area contributed by atoms with Gasteiger partial charge in [0.05, 0.1) is 10.6 Å². The van der Waals surface area contributed by atoms with E-state index in [1.807, 2.05) is 82.3 Å². The minimum Gasteiger partial charge on any atom is -0.352 e. The molecule has 0 saturated heterocycles. The molecule has 0 aromatic heterocycles. The fraction of sp³-hybridized carbons (Fsp3) is 0.257. The molecule has 0 saturated carbocycles. The van der Waals surface area contributed by atoms with Crippen LogP contribution in [0, 0.1) is 13.8 Å². The molecule has 9 heteroatoms. The SMILES string of the molecule is Cc1ccc(CN(C(=O)CN(c2cccc(Cl)c2)S(=O)(=O)c2ccc(C)cc2)[C@H](Cc2ccccc2)C(=O)NC(C)C)cc1. The van der Waals surface area contributed by atoms with Crippen molar-refractivity contribution in [3.05, 3.63) is 130 Å². The lowest BCUT2D eigenvalue weighted by Gasteiger charge is -2.34. The number of benzene rings is 4. The first-order valence-corrected chi connectivity index (χ1v) is 16.3. The Morgan fingerprint density at radius 3 is 2.00 bits per heavy atom. The molecule has 0 spiro atoms. The molecule has 0 radical (unpaired) electrons. The summed E-state index contributed by atoms with van der Waals surface area (Å²) in [6.45, 7) is 7.13. The average Bonchev–Trinajstić information content (AvgIpc) is 2.98. The van der Waals surface area contributed by atoms with Gasteiger partial charge in [0.15, 0.2) is 0 Å². The Balaban J connectivity index is 1.80. The summed E-state index contributed by atoms with van der Waals surface area (Å²) in [5.74, 6) is -0.846. The molecule has 4 aromatic rings. The Morgan fingerprint density at radius 2 is 1.41 bits per heavy atom. The molecular weight excluding hydrogens is 594 g/mol. The lowest BCUT2D eigenvalue weighted by atomic mass is 10.0. The highest BCUT2D eigenvalue weighted by Gasteiger charge is 2.34. The summed E-state index contributed by atoms with van der Waals surface area (Å²) in [6, 6.07) is 28.9. The van der Waals surface area contributed by atoms with Crippen LogP contribution in [0.2, 0.25) is 5.02 Å². The molecule has 0 bridgehead atoms. The molecule has 0 unspecified atom stereocenters. The van der Waals surface area contributed by atoms with Crippen molar-refractivity contribution in [3.8, 4) is 0 Å². The summed E-state index contributed by atoms with van der Waals surface area (Å²) >= 11 is 6.29. The summed E-state index contributed by atoms with van der Waals surface area (Å²) in [5, 5.41) is 3.29. The van der Waals surface area contributed by atoms with Gasteiger partial charge in [0.2, 0.25) is 11.8 Å². The Morgan fingerprint density at radius 1 is 0.795 bits per heavy atom. The standard InChI is InChI=1S/C35H38ClN3O4S/c1-25(2)37-35(41)33(21-28-9-6-5-7-10-28)38(23-29-17-13-26(3)14-18-29)34(40)24-39(31-12-8-11-30(36)22-31)44(42,43)32-19-15-27(4)16-20-32/h5-20,22,25,33H,21,23-24H2,1-4H3,(H,37,41)/t33-/m1/s1. The van der Waals surface area contributed by atoms with Crippen LogP contribution in [-0.4, -0.2) is 43.8 Å². The van der Waals surface area contributed by atoms with Crippen molar-refractivity contribution < 1.29 is 18.0 Å². The van der Waals surface area contributed by atoms with Gasteiger partial charge in [-0.15, -0.1) is 0 Å². The molecule has 4 aromatic carbocycles. The number of sulfonamides is 1. The maximum atomic E-state index is 14.4. The number of halogens is 1. The zero-order chi connectivity index (χ0) is 31.9. The summed E-state index contributed by atoms with van der Waals surface area (Å²) in [5.41, 5.74) is 3.89. The van der Waals surface area contributed by atoms with E-state index in [4.69, 9.17) is 11.6 Å². The van der Waals surface area contributed by atoms with E-state index in [1.165, 1.54) is 23.1 Å². The number of aryl methyl sites for hydroxylation is 2. The van der Waals surface area contributed by atoms with Crippen LogP contribution >= 0.6 is 11.6 Å². The van der Waals surface area contributed by atoms with Gasteiger partial charge in [-0.25, -0.2) is 8.42 Å². The highest BCUT2D eigenvalue weighted by molar-refractivity contribution is 7.92. The van der Waals surface area contributed by atoms with E-state index < -0.39 is 28.5 Å². The van der Waals surface area contributed by atoms with E-state index in [0.717, 1.165) is 26.6 Å². The van der Waals surface area contributed by atoms with Gasteiger partial charge < -0.3 is 10.2 Å². The van der Waals surface area contributed by atoms with Crippen LogP contribution in [0.3, 0.4) is 0 Å². The minimum atomic E-state index is -4.19. The number of amides is 2. The number of anilines is 1. The topological polar surface area (TPSA) is 86.8 Å². The smallest absolute Gasteiger partial charge is 0.264 e. The molecule has 4 rings (SSSR count). The van der Waals surface area contributed by atoms with Crippen LogP contribution in [-0.2, 0) is 32.6 Å². The van der Waals surface area contributed by atoms with E-state index in [9.17, 15) is 18.0 Å². The van der Waals surface area contributed by atoms with Crippen molar-refractivity contribution >= 4 is 39.1 Å². The lowest BCUT2D eigenvalue weighted by Crippen LogP contribution is -2.54. The first-order chi connectivity index (χ1) is 20.9. The van der Waals surface area contributed by atoms with E-state index in [0.29, 0.717) is 5.02 Å². The normalized spacial score (nSPS) is 12.0. The zero-order valence-corrected chi connectivity index (χ0v) is 27.0. The maximum absolute atomic E-state index is 14.4. The molecule has 0 aliphatic rings. The number of nitrogens with zero attached hydrogens (tertiary/aromatic N) is 2. The molecular formula is C35H38ClN3O4S. The molecule has 44 heavy (non-hydrogen) atoms. The van der Waals surface area contributed by atoms with Crippen LogP contribution in [0.5, 0.6) is 0 Å². The molecule has 2 amide bonds.